The number of hydrogen-bond donors (Lipinski definition) is 1. The molecule has 0 fully saturated rings. The van der Waals surface area contributed by atoms with Crippen molar-refractivity contribution >= 4 is 12.0 Å². The Morgan fingerprint density at radius 1 is 0.925 bits per heavy atom. The number of carbonyl (C=O) groups is 2. The third kappa shape index (κ3) is 6.05. The first-order chi connectivity index (χ1) is 19.4. The highest BCUT2D eigenvalue weighted by Gasteiger charge is 2.35. The predicted molar refractivity (Wildman–Crippen MR) is 154 cm³/mol. The van der Waals surface area contributed by atoms with E-state index in [1.807, 2.05) is 98.8 Å². The minimum absolute atomic E-state index is 0.138. The van der Waals surface area contributed by atoms with Gasteiger partial charge < -0.3 is 19.5 Å². The molecule has 0 saturated carbocycles. The van der Waals surface area contributed by atoms with Gasteiger partial charge in [0.05, 0.1) is 19.3 Å². The zero-order chi connectivity index (χ0) is 28.1. The molecule has 2 aliphatic heterocycles. The van der Waals surface area contributed by atoms with E-state index in [1.54, 1.807) is 7.05 Å². The number of carbonyl (C=O) groups excluding carboxylic acids is 2. The number of rotatable bonds is 3. The van der Waals surface area contributed by atoms with Crippen molar-refractivity contribution in [1.82, 2.24) is 10.2 Å². The molecule has 40 heavy (non-hydrogen) atoms. The molecule has 2 atom stereocenters. The van der Waals surface area contributed by atoms with Crippen molar-refractivity contribution in [3.8, 4) is 16.9 Å². The molecule has 1 aliphatic carbocycles. The SMILES string of the molecule is CC(C)[C@H]1COC/C=C/COc2ccc(cc2)C[C@@H](N(C)C(=O)OC2c3ccccc3-c3ccccc32)C(=O)N1. The number of fused-ring (bicyclic) bond motifs is 15. The molecule has 6 rings (SSSR count). The highest BCUT2D eigenvalue weighted by Crippen LogP contribution is 2.45. The number of benzene rings is 3. The standard InChI is InChI=1S/C33H36N2O5/c1-22(2)29-21-38-18-8-9-19-39-24-16-14-23(15-17-24)20-30(32(36)34-29)35(3)33(37)40-31-27-12-6-4-10-25(27)26-11-5-7-13-28(26)31/h4-17,22,29-31H,18-21H2,1-3H3,(H,34,36)/b9-8+/t29-,30-/m1/s1. The summed E-state index contributed by atoms with van der Waals surface area (Å²) in [5, 5.41) is 3.14. The average Bonchev–Trinajstić information content (AvgIpc) is 3.27. The van der Waals surface area contributed by atoms with Crippen LogP contribution in [0.2, 0.25) is 0 Å². The van der Waals surface area contributed by atoms with E-state index in [9.17, 15) is 9.59 Å². The number of likely N-dealkylation sites (N-methyl/N-ethyl adjacent to an activating group) is 1. The summed E-state index contributed by atoms with van der Waals surface area (Å²) in [5.41, 5.74) is 4.89. The van der Waals surface area contributed by atoms with Gasteiger partial charge in [-0.05, 0) is 40.8 Å². The van der Waals surface area contributed by atoms with Gasteiger partial charge in [-0.2, -0.15) is 0 Å². The van der Waals surface area contributed by atoms with Gasteiger partial charge in [0, 0.05) is 24.6 Å². The van der Waals surface area contributed by atoms with E-state index < -0.39 is 18.2 Å². The van der Waals surface area contributed by atoms with Gasteiger partial charge in [-0.1, -0.05) is 80.6 Å². The van der Waals surface area contributed by atoms with Crippen molar-refractivity contribution in [2.75, 3.05) is 26.9 Å². The van der Waals surface area contributed by atoms with E-state index in [2.05, 4.69) is 5.32 Å². The first-order valence-electron chi connectivity index (χ1n) is 13.8. The van der Waals surface area contributed by atoms with Crippen LogP contribution < -0.4 is 10.1 Å². The summed E-state index contributed by atoms with van der Waals surface area (Å²) in [4.78, 5) is 28.8. The highest BCUT2D eigenvalue weighted by atomic mass is 16.6. The van der Waals surface area contributed by atoms with Crippen molar-refractivity contribution in [2.24, 2.45) is 5.92 Å². The zero-order valence-corrected chi connectivity index (χ0v) is 23.2. The molecule has 208 valence electrons. The molecular weight excluding hydrogens is 504 g/mol. The van der Waals surface area contributed by atoms with Crippen molar-refractivity contribution < 1.29 is 23.8 Å². The molecule has 1 N–H and O–H groups in total. The average molecular weight is 541 g/mol. The molecule has 0 radical (unpaired) electrons. The zero-order valence-electron chi connectivity index (χ0n) is 23.2. The molecule has 7 nitrogen and oxygen atoms in total. The number of nitrogens with one attached hydrogen (secondary N) is 1. The maximum atomic E-state index is 13.8. The smallest absolute Gasteiger partial charge is 0.411 e. The molecule has 0 saturated heterocycles. The van der Waals surface area contributed by atoms with Crippen LogP contribution in [0, 0.1) is 5.92 Å². The number of amides is 2. The van der Waals surface area contributed by atoms with Crippen LogP contribution in [0.15, 0.2) is 84.9 Å². The van der Waals surface area contributed by atoms with E-state index >= 15 is 0 Å². The van der Waals surface area contributed by atoms with Gasteiger partial charge in [0.2, 0.25) is 5.91 Å². The second kappa shape index (κ2) is 12.4. The van der Waals surface area contributed by atoms with Gasteiger partial charge in [-0.15, -0.1) is 0 Å². The van der Waals surface area contributed by atoms with Crippen LogP contribution >= 0.6 is 0 Å². The molecule has 3 aromatic carbocycles. The van der Waals surface area contributed by atoms with Gasteiger partial charge in [0.1, 0.15) is 18.4 Å². The van der Waals surface area contributed by atoms with E-state index in [1.165, 1.54) is 4.90 Å². The Kier molecular flexibility index (Phi) is 8.51. The second-order valence-corrected chi connectivity index (χ2v) is 10.6. The van der Waals surface area contributed by atoms with Crippen LogP contribution in [0.25, 0.3) is 11.1 Å². The lowest BCUT2D eigenvalue weighted by atomic mass is 10.0. The lowest BCUT2D eigenvalue weighted by molar-refractivity contribution is -0.127. The Morgan fingerprint density at radius 3 is 2.20 bits per heavy atom. The number of ether oxygens (including phenoxy) is 3. The lowest BCUT2D eigenvalue weighted by Gasteiger charge is -2.31. The minimum atomic E-state index is -0.791. The molecule has 3 aromatic rings. The third-order valence-corrected chi connectivity index (χ3v) is 7.56. The number of hydrogen-bond acceptors (Lipinski definition) is 5. The first kappa shape index (κ1) is 27.5. The van der Waals surface area contributed by atoms with Crippen LogP contribution in [0.3, 0.4) is 0 Å². The maximum absolute atomic E-state index is 13.8. The Bertz CT molecular complexity index is 1320. The fourth-order valence-electron chi connectivity index (χ4n) is 5.12. The Morgan fingerprint density at radius 2 is 1.55 bits per heavy atom. The molecule has 2 bridgehead atoms. The van der Waals surface area contributed by atoms with Gasteiger partial charge in [0.25, 0.3) is 0 Å². The van der Waals surface area contributed by atoms with Crippen molar-refractivity contribution in [2.45, 2.75) is 38.5 Å². The summed E-state index contributed by atoms with van der Waals surface area (Å²) in [5.74, 6) is 0.615. The first-order valence-corrected chi connectivity index (χ1v) is 13.8. The quantitative estimate of drug-likeness (QED) is 0.442. The highest BCUT2D eigenvalue weighted by molar-refractivity contribution is 5.87. The topological polar surface area (TPSA) is 77.1 Å². The van der Waals surface area contributed by atoms with E-state index in [0.717, 1.165) is 33.6 Å². The lowest BCUT2D eigenvalue weighted by Crippen LogP contribution is -2.53. The maximum Gasteiger partial charge on any atom is 0.411 e. The van der Waals surface area contributed by atoms with E-state index in [4.69, 9.17) is 14.2 Å². The predicted octanol–water partition coefficient (Wildman–Crippen LogP) is 5.54. The fourth-order valence-corrected chi connectivity index (χ4v) is 5.12. The summed E-state index contributed by atoms with van der Waals surface area (Å²) in [6.45, 7) is 5.30. The van der Waals surface area contributed by atoms with Gasteiger partial charge in [-0.3, -0.25) is 9.69 Å². The van der Waals surface area contributed by atoms with Crippen LogP contribution in [0.5, 0.6) is 5.75 Å². The van der Waals surface area contributed by atoms with Crippen LogP contribution in [-0.2, 0) is 20.7 Å². The normalized spacial score (nSPS) is 20.2. The molecule has 0 spiro atoms. The molecule has 2 amide bonds. The van der Waals surface area contributed by atoms with E-state index in [-0.39, 0.29) is 17.9 Å². The monoisotopic (exact) mass is 540 g/mol. The van der Waals surface area contributed by atoms with Crippen molar-refractivity contribution in [1.29, 1.82) is 0 Å². The Balaban J connectivity index is 1.41. The summed E-state index contributed by atoms with van der Waals surface area (Å²) in [6, 6.07) is 22.5. The molecular formula is C33H36N2O5. The minimum Gasteiger partial charge on any atom is -0.490 e. The molecule has 2 heterocycles. The van der Waals surface area contributed by atoms with Crippen LogP contribution in [-0.4, -0.2) is 55.9 Å². The summed E-state index contributed by atoms with van der Waals surface area (Å²) >= 11 is 0. The van der Waals surface area contributed by atoms with Gasteiger partial charge >= 0.3 is 6.09 Å². The van der Waals surface area contributed by atoms with Crippen LogP contribution in [0.1, 0.15) is 36.6 Å². The van der Waals surface area contributed by atoms with E-state index in [0.29, 0.717) is 26.2 Å². The third-order valence-electron chi connectivity index (χ3n) is 7.56. The van der Waals surface area contributed by atoms with Crippen molar-refractivity contribution in [3.63, 3.8) is 0 Å². The van der Waals surface area contributed by atoms with Gasteiger partial charge in [-0.25, -0.2) is 4.79 Å². The fraction of sp³-hybridized carbons (Fsp3) is 0.333. The van der Waals surface area contributed by atoms with Gasteiger partial charge in [0.15, 0.2) is 6.10 Å². The molecule has 0 unspecified atom stereocenters. The Hall–Kier alpha value is -4.10. The number of nitrogens with zero attached hydrogens (tertiary/aromatic N) is 1. The van der Waals surface area contributed by atoms with Crippen molar-refractivity contribution in [3.05, 3.63) is 102 Å². The second-order valence-electron chi connectivity index (χ2n) is 10.6. The summed E-state index contributed by atoms with van der Waals surface area (Å²) < 4.78 is 17.7. The summed E-state index contributed by atoms with van der Waals surface area (Å²) in [6.07, 6.45) is 3.04. The molecule has 3 aliphatic rings. The van der Waals surface area contributed by atoms with Crippen LogP contribution in [0.4, 0.5) is 4.79 Å². The largest absolute Gasteiger partial charge is 0.490 e. The summed E-state index contributed by atoms with van der Waals surface area (Å²) in [7, 11) is 1.63. The Labute approximate surface area is 235 Å². The molecule has 7 heteroatoms. The molecule has 0 aromatic heterocycles.